The Morgan fingerprint density at radius 1 is 1.40 bits per heavy atom. The first-order valence-electron chi connectivity index (χ1n) is 4.17. The number of hydrogen-bond donors (Lipinski definition) is 1. The number of carbonyl (C=O) groups excluding carboxylic acids is 1. The molecular formula is C8H11N3O4. The number of rotatable bonds is 1. The molecule has 0 radical (unpaired) electrons. The van der Waals surface area contributed by atoms with E-state index in [9.17, 15) is 20.0 Å². The maximum Gasteiger partial charge on any atom is 0.352 e. The molecule has 0 aromatic rings. The highest BCUT2D eigenvalue weighted by Gasteiger charge is 2.38. The van der Waals surface area contributed by atoms with Gasteiger partial charge in [-0.25, -0.2) is 4.79 Å². The third kappa shape index (κ3) is 1.51. The summed E-state index contributed by atoms with van der Waals surface area (Å²) in [4.78, 5) is 23.4. The molecule has 0 spiro atoms. The van der Waals surface area contributed by atoms with Gasteiger partial charge in [0.1, 0.15) is 5.70 Å². The van der Waals surface area contributed by atoms with Crippen LogP contribution < -0.4 is 0 Å². The number of allylic oxidation sites excluding steroid dienone is 1. The smallest absolute Gasteiger partial charge is 0.352 e. The summed E-state index contributed by atoms with van der Waals surface area (Å²) in [7, 11) is 2.67. The fourth-order valence-electron chi connectivity index (χ4n) is 1.36. The first-order valence-corrected chi connectivity index (χ1v) is 4.17. The lowest BCUT2D eigenvalue weighted by Gasteiger charge is -2.29. The topological polar surface area (TPSA) is 86.9 Å². The lowest BCUT2D eigenvalue weighted by Crippen LogP contribution is -2.44. The van der Waals surface area contributed by atoms with Crippen LogP contribution in [0.25, 0.3) is 0 Å². The number of aliphatic hydroxyl groups is 1. The maximum absolute atomic E-state index is 11.5. The average Bonchev–Trinajstić information content (AvgIpc) is 2.19. The highest BCUT2D eigenvalue weighted by Crippen LogP contribution is 2.25. The Hall–Kier alpha value is -2.05. The van der Waals surface area contributed by atoms with Crippen LogP contribution >= 0.6 is 0 Å². The summed E-state index contributed by atoms with van der Waals surface area (Å²) in [6.45, 7) is 1.56. The molecule has 0 fully saturated rings. The number of nitro groups is 1. The summed E-state index contributed by atoms with van der Waals surface area (Å²) in [6.07, 6.45) is 1.40. The molecule has 7 nitrogen and oxygen atoms in total. The van der Waals surface area contributed by atoms with Crippen molar-refractivity contribution >= 4 is 6.03 Å². The van der Waals surface area contributed by atoms with Gasteiger partial charge in [-0.2, -0.15) is 0 Å². The van der Waals surface area contributed by atoms with Crippen molar-refractivity contribution in [1.82, 2.24) is 9.80 Å². The van der Waals surface area contributed by atoms with E-state index >= 15 is 0 Å². The van der Waals surface area contributed by atoms with Gasteiger partial charge in [-0.05, 0) is 6.92 Å². The number of nitrogens with zero attached hydrogens (tertiary/aromatic N) is 3. The van der Waals surface area contributed by atoms with Crippen LogP contribution in [0.1, 0.15) is 6.92 Å². The number of likely N-dealkylation sites (N-methyl/N-ethyl adjacent to an activating group) is 1. The van der Waals surface area contributed by atoms with Crippen molar-refractivity contribution in [2.75, 3.05) is 14.1 Å². The zero-order valence-electron chi connectivity index (χ0n) is 8.59. The lowest BCUT2D eigenvalue weighted by molar-refractivity contribution is -0.427. The molecule has 0 aliphatic carbocycles. The number of urea groups is 1. The molecule has 1 rings (SSSR count). The van der Waals surface area contributed by atoms with Crippen LogP contribution in [-0.2, 0) is 0 Å². The van der Waals surface area contributed by atoms with Crippen LogP contribution in [0.2, 0.25) is 0 Å². The standard InChI is InChI=1S/C8H11N3O4/c1-4-5-6(11(14)15)7(12)10(3)8(13)9(5)2/h4,12H,1-3H3/b5-4-. The van der Waals surface area contributed by atoms with E-state index in [1.165, 1.54) is 20.2 Å². The van der Waals surface area contributed by atoms with Gasteiger partial charge in [-0.3, -0.25) is 19.9 Å². The molecule has 82 valence electrons. The highest BCUT2D eigenvalue weighted by atomic mass is 16.6. The van der Waals surface area contributed by atoms with E-state index in [4.69, 9.17) is 0 Å². The molecule has 1 heterocycles. The second kappa shape index (κ2) is 3.60. The van der Waals surface area contributed by atoms with Gasteiger partial charge in [0.05, 0.1) is 4.92 Å². The van der Waals surface area contributed by atoms with Crippen LogP contribution in [0, 0.1) is 10.1 Å². The number of amides is 2. The molecule has 7 heteroatoms. The Morgan fingerprint density at radius 2 is 1.93 bits per heavy atom. The average molecular weight is 213 g/mol. The second-order valence-electron chi connectivity index (χ2n) is 3.00. The minimum absolute atomic E-state index is 0.0839. The predicted octanol–water partition coefficient (Wildman–Crippen LogP) is 0.891. The van der Waals surface area contributed by atoms with Crippen molar-refractivity contribution < 1.29 is 14.8 Å². The normalized spacial score (nSPS) is 20.2. The Bertz CT molecular complexity index is 385. The van der Waals surface area contributed by atoms with E-state index in [1.807, 2.05) is 0 Å². The van der Waals surface area contributed by atoms with Crippen molar-refractivity contribution in [3.63, 3.8) is 0 Å². The summed E-state index contributed by atoms with van der Waals surface area (Å²) < 4.78 is 0. The van der Waals surface area contributed by atoms with Crippen LogP contribution in [0.5, 0.6) is 0 Å². The Kier molecular flexibility index (Phi) is 2.65. The molecule has 2 amide bonds. The Balaban J connectivity index is 3.41. The summed E-state index contributed by atoms with van der Waals surface area (Å²) in [5, 5.41) is 20.2. The van der Waals surface area contributed by atoms with Crippen LogP contribution in [-0.4, -0.2) is 40.0 Å². The van der Waals surface area contributed by atoms with Crippen molar-refractivity contribution in [2.24, 2.45) is 0 Å². The first-order chi connectivity index (χ1) is 6.91. The molecule has 1 aliphatic heterocycles. The van der Waals surface area contributed by atoms with Crippen LogP contribution in [0.15, 0.2) is 23.4 Å². The Morgan fingerprint density at radius 3 is 2.33 bits per heavy atom. The fourth-order valence-corrected chi connectivity index (χ4v) is 1.36. The molecule has 0 saturated heterocycles. The molecule has 0 atom stereocenters. The fraction of sp³-hybridized carbons (Fsp3) is 0.375. The van der Waals surface area contributed by atoms with Gasteiger partial charge in [0.15, 0.2) is 0 Å². The lowest BCUT2D eigenvalue weighted by atomic mass is 10.2. The number of aliphatic hydroxyl groups excluding tert-OH is 1. The maximum atomic E-state index is 11.5. The molecular weight excluding hydrogens is 202 g/mol. The zero-order chi connectivity index (χ0) is 11.7. The van der Waals surface area contributed by atoms with Crippen molar-refractivity contribution in [3.05, 3.63) is 33.5 Å². The van der Waals surface area contributed by atoms with Crippen molar-refractivity contribution in [1.29, 1.82) is 0 Å². The molecule has 0 bridgehead atoms. The van der Waals surface area contributed by atoms with Gasteiger partial charge in [0.25, 0.3) is 5.88 Å². The summed E-state index contributed by atoms with van der Waals surface area (Å²) >= 11 is 0. The van der Waals surface area contributed by atoms with Gasteiger partial charge >= 0.3 is 11.7 Å². The SMILES string of the molecule is C/C=C1/C([N+](=O)[O-])=C(O)N(C)C(=O)N1C. The quantitative estimate of drug-likeness (QED) is 0.517. The summed E-state index contributed by atoms with van der Waals surface area (Å²) in [5.74, 6) is -0.642. The molecule has 0 unspecified atom stereocenters. The van der Waals surface area contributed by atoms with E-state index < -0.39 is 22.5 Å². The van der Waals surface area contributed by atoms with Gasteiger partial charge in [-0.1, -0.05) is 6.08 Å². The highest BCUT2D eigenvalue weighted by molar-refractivity contribution is 5.80. The van der Waals surface area contributed by atoms with E-state index in [0.29, 0.717) is 0 Å². The first kappa shape index (κ1) is 11.0. The Labute approximate surface area is 86.0 Å². The molecule has 15 heavy (non-hydrogen) atoms. The van der Waals surface area contributed by atoms with E-state index in [0.717, 1.165) is 9.80 Å². The number of hydrogen-bond acceptors (Lipinski definition) is 4. The predicted molar refractivity (Wildman–Crippen MR) is 51.3 cm³/mol. The van der Waals surface area contributed by atoms with Crippen LogP contribution in [0.3, 0.4) is 0 Å². The van der Waals surface area contributed by atoms with E-state index in [2.05, 4.69) is 0 Å². The van der Waals surface area contributed by atoms with E-state index in [1.54, 1.807) is 6.92 Å². The van der Waals surface area contributed by atoms with Gasteiger partial charge in [0, 0.05) is 14.1 Å². The third-order valence-corrected chi connectivity index (χ3v) is 2.16. The van der Waals surface area contributed by atoms with E-state index in [-0.39, 0.29) is 5.70 Å². The van der Waals surface area contributed by atoms with Gasteiger partial charge in [-0.15, -0.1) is 0 Å². The van der Waals surface area contributed by atoms with Gasteiger partial charge in [0.2, 0.25) is 0 Å². The summed E-state index contributed by atoms with van der Waals surface area (Å²) in [5.41, 5.74) is -0.386. The minimum atomic E-state index is -0.718. The van der Waals surface area contributed by atoms with Crippen molar-refractivity contribution in [3.8, 4) is 0 Å². The summed E-state index contributed by atoms with van der Waals surface area (Å²) in [6, 6.07) is -0.522. The van der Waals surface area contributed by atoms with Crippen LogP contribution in [0.4, 0.5) is 4.79 Å². The molecule has 0 saturated carbocycles. The largest absolute Gasteiger partial charge is 0.489 e. The zero-order valence-corrected chi connectivity index (χ0v) is 8.59. The molecule has 1 N–H and O–H groups in total. The minimum Gasteiger partial charge on any atom is -0.489 e. The van der Waals surface area contributed by atoms with Gasteiger partial charge < -0.3 is 5.11 Å². The monoisotopic (exact) mass is 213 g/mol. The third-order valence-electron chi connectivity index (χ3n) is 2.16. The number of carbonyl (C=O) groups is 1. The molecule has 0 aromatic heterocycles. The second-order valence-corrected chi connectivity index (χ2v) is 3.00. The van der Waals surface area contributed by atoms with Crippen molar-refractivity contribution in [2.45, 2.75) is 6.92 Å². The molecule has 1 aliphatic rings. The molecule has 0 aromatic carbocycles.